The summed E-state index contributed by atoms with van der Waals surface area (Å²) in [6, 6.07) is 0. The highest BCUT2D eigenvalue weighted by Gasteiger charge is 2.38. The van der Waals surface area contributed by atoms with E-state index in [0.717, 1.165) is 0 Å². The molecular formula is C8H9BrF3N3. The summed E-state index contributed by atoms with van der Waals surface area (Å²) < 4.78 is 38.1. The third kappa shape index (κ3) is 3.33. The molecule has 0 aliphatic heterocycles. The van der Waals surface area contributed by atoms with Crippen molar-refractivity contribution in [3.05, 3.63) is 16.9 Å². The number of nitrogens with zero attached hydrogens (tertiary/aromatic N) is 3. The molecular weight excluding hydrogens is 275 g/mol. The van der Waals surface area contributed by atoms with Crippen LogP contribution >= 0.6 is 15.9 Å². The minimum atomic E-state index is -4.44. The van der Waals surface area contributed by atoms with Crippen molar-refractivity contribution in [2.24, 2.45) is 0 Å². The molecule has 0 aliphatic carbocycles. The molecule has 0 aliphatic rings. The Labute approximate surface area is 93.5 Å². The smallest absolute Gasteiger partial charge is 0.252 e. The SMILES string of the molecule is CCCN(c1ncc(Br)cn1)C(F)(F)F. The van der Waals surface area contributed by atoms with Gasteiger partial charge >= 0.3 is 6.30 Å². The van der Waals surface area contributed by atoms with Gasteiger partial charge in [-0.25, -0.2) is 9.97 Å². The summed E-state index contributed by atoms with van der Waals surface area (Å²) in [6.45, 7) is 1.52. The molecule has 0 atom stereocenters. The van der Waals surface area contributed by atoms with Crippen LogP contribution in [0.15, 0.2) is 16.9 Å². The molecule has 0 bridgehead atoms. The largest absolute Gasteiger partial charge is 0.487 e. The normalized spacial score (nSPS) is 11.5. The Hall–Kier alpha value is -0.850. The Balaban J connectivity index is 2.94. The number of hydrogen-bond acceptors (Lipinski definition) is 3. The van der Waals surface area contributed by atoms with Crippen LogP contribution in [0.5, 0.6) is 0 Å². The second-order valence-corrected chi connectivity index (χ2v) is 3.74. The topological polar surface area (TPSA) is 29.0 Å². The molecule has 15 heavy (non-hydrogen) atoms. The van der Waals surface area contributed by atoms with E-state index in [0.29, 0.717) is 10.9 Å². The number of halogens is 4. The first-order valence-corrected chi connectivity index (χ1v) is 5.06. The first kappa shape index (κ1) is 12.2. The number of anilines is 1. The summed E-state index contributed by atoms with van der Waals surface area (Å²) in [5, 5.41) is 0. The zero-order valence-electron chi connectivity index (χ0n) is 7.92. The maximum Gasteiger partial charge on any atom is 0.487 e. The molecule has 1 aromatic rings. The molecule has 0 radical (unpaired) electrons. The highest BCUT2D eigenvalue weighted by molar-refractivity contribution is 9.10. The molecule has 3 nitrogen and oxygen atoms in total. The predicted molar refractivity (Wildman–Crippen MR) is 53.4 cm³/mol. The Bertz CT molecular complexity index is 312. The van der Waals surface area contributed by atoms with Crippen molar-refractivity contribution in [2.45, 2.75) is 19.6 Å². The van der Waals surface area contributed by atoms with Crippen LogP contribution < -0.4 is 4.90 Å². The van der Waals surface area contributed by atoms with E-state index in [1.807, 2.05) is 0 Å². The van der Waals surface area contributed by atoms with Gasteiger partial charge < -0.3 is 0 Å². The molecule has 0 aromatic carbocycles. The zero-order chi connectivity index (χ0) is 11.5. The van der Waals surface area contributed by atoms with E-state index in [1.54, 1.807) is 6.92 Å². The fourth-order valence-corrected chi connectivity index (χ4v) is 1.21. The molecule has 0 saturated carbocycles. The van der Waals surface area contributed by atoms with E-state index in [4.69, 9.17) is 0 Å². The van der Waals surface area contributed by atoms with Crippen molar-refractivity contribution in [1.82, 2.24) is 9.97 Å². The lowest BCUT2D eigenvalue weighted by atomic mass is 10.4. The van der Waals surface area contributed by atoms with Gasteiger partial charge in [0, 0.05) is 18.9 Å². The maximum absolute atomic E-state index is 12.5. The molecule has 0 saturated heterocycles. The summed E-state index contributed by atoms with van der Waals surface area (Å²) in [4.78, 5) is 7.44. The van der Waals surface area contributed by atoms with Crippen molar-refractivity contribution < 1.29 is 13.2 Å². The number of rotatable bonds is 3. The molecule has 0 N–H and O–H groups in total. The minimum absolute atomic E-state index is 0.148. The Morgan fingerprint density at radius 1 is 1.33 bits per heavy atom. The third-order valence-electron chi connectivity index (χ3n) is 1.60. The second-order valence-electron chi connectivity index (χ2n) is 2.82. The van der Waals surface area contributed by atoms with Crippen LogP contribution in [-0.4, -0.2) is 22.8 Å². The molecule has 1 heterocycles. The summed E-state index contributed by atoms with van der Waals surface area (Å²) in [5.74, 6) is -0.326. The van der Waals surface area contributed by atoms with E-state index < -0.39 is 6.30 Å². The van der Waals surface area contributed by atoms with Gasteiger partial charge in [-0.1, -0.05) is 6.92 Å². The minimum Gasteiger partial charge on any atom is -0.252 e. The average Bonchev–Trinajstić information content (AvgIpc) is 2.14. The Kier molecular flexibility index (Phi) is 3.90. The lowest BCUT2D eigenvalue weighted by Crippen LogP contribution is -2.39. The second kappa shape index (κ2) is 4.78. The van der Waals surface area contributed by atoms with Gasteiger partial charge in [-0.15, -0.1) is 13.2 Å². The fourth-order valence-electron chi connectivity index (χ4n) is 1.01. The van der Waals surface area contributed by atoms with E-state index in [2.05, 4.69) is 25.9 Å². The van der Waals surface area contributed by atoms with Gasteiger partial charge in [0.25, 0.3) is 0 Å². The summed E-state index contributed by atoms with van der Waals surface area (Å²) in [6.07, 6.45) is -1.49. The highest BCUT2D eigenvalue weighted by Crippen LogP contribution is 2.25. The van der Waals surface area contributed by atoms with Crippen LogP contribution in [0.1, 0.15) is 13.3 Å². The van der Waals surface area contributed by atoms with Gasteiger partial charge in [-0.2, -0.15) is 0 Å². The van der Waals surface area contributed by atoms with Crippen LogP contribution in [0.3, 0.4) is 0 Å². The molecule has 84 valence electrons. The van der Waals surface area contributed by atoms with Gasteiger partial charge in [0.1, 0.15) is 0 Å². The molecule has 7 heteroatoms. The van der Waals surface area contributed by atoms with Crippen molar-refractivity contribution in [2.75, 3.05) is 11.4 Å². The summed E-state index contributed by atoms with van der Waals surface area (Å²) in [7, 11) is 0. The first-order valence-electron chi connectivity index (χ1n) is 4.27. The van der Waals surface area contributed by atoms with Gasteiger partial charge in [-0.05, 0) is 22.4 Å². The van der Waals surface area contributed by atoms with Crippen LogP contribution in [0, 0.1) is 0 Å². The maximum atomic E-state index is 12.5. The quantitative estimate of drug-likeness (QED) is 0.799. The van der Waals surface area contributed by atoms with Crippen LogP contribution in [0.2, 0.25) is 0 Å². The fraction of sp³-hybridized carbons (Fsp3) is 0.500. The van der Waals surface area contributed by atoms with Gasteiger partial charge in [-0.3, -0.25) is 4.90 Å². The average molecular weight is 284 g/mol. The van der Waals surface area contributed by atoms with Crippen molar-refractivity contribution in [3.8, 4) is 0 Å². The summed E-state index contributed by atoms with van der Waals surface area (Å²) >= 11 is 3.06. The van der Waals surface area contributed by atoms with Crippen molar-refractivity contribution >= 4 is 21.9 Å². The number of alkyl halides is 3. The third-order valence-corrected chi connectivity index (χ3v) is 2.01. The molecule has 0 fully saturated rings. The van der Waals surface area contributed by atoms with Crippen LogP contribution in [-0.2, 0) is 0 Å². The highest BCUT2D eigenvalue weighted by atomic mass is 79.9. The van der Waals surface area contributed by atoms with Crippen molar-refractivity contribution in [3.63, 3.8) is 0 Å². The zero-order valence-corrected chi connectivity index (χ0v) is 9.51. The molecule has 0 amide bonds. The number of aromatic nitrogens is 2. The lowest BCUT2D eigenvalue weighted by Gasteiger charge is -2.23. The standard InChI is InChI=1S/C8H9BrF3N3/c1-2-3-15(8(10,11)12)7-13-4-6(9)5-14-7/h4-5H,2-3H2,1H3. The van der Waals surface area contributed by atoms with Gasteiger partial charge in [0.2, 0.25) is 5.95 Å². The molecule has 1 rings (SSSR count). The molecule has 0 spiro atoms. The van der Waals surface area contributed by atoms with Crippen LogP contribution in [0.4, 0.5) is 19.1 Å². The van der Waals surface area contributed by atoms with Crippen LogP contribution in [0.25, 0.3) is 0 Å². The monoisotopic (exact) mass is 283 g/mol. The van der Waals surface area contributed by atoms with Crippen molar-refractivity contribution in [1.29, 1.82) is 0 Å². The first-order chi connectivity index (χ1) is 6.95. The molecule has 0 unspecified atom stereocenters. The van der Waals surface area contributed by atoms with E-state index in [-0.39, 0.29) is 17.4 Å². The number of hydrogen-bond donors (Lipinski definition) is 0. The predicted octanol–water partition coefficient (Wildman–Crippen LogP) is 2.98. The lowest BCUT2D eigenvalue weighted by molar-refractivity contribution is -0.130. The van der Waals surface area contributed by atoms with E-state index in [9.17, 15) is 13.2 Å². The van der Waals surface area contributed by atoms with Gasteiger partial charge in [0.05, 0.1) is 4.47 Å². The Morgan fingerprint density at radius 3 is 2.27 bits per heavy atom. The van der Waals surface area contributed by atoms with E-state index in [1.165, 1.54) is 12.4 Å². The molecule has 1 aromatic heterocycles. The van der Waals surface area contributed by atoms with Gasteiger partial charge in [0.15, 0.2) is 0 Å². The Morgan fingerprint density at radius 2 is 1.87 bits per heavy atom. The summed E-state index contributed by atoms with van der Waals surface area (Å²) in [5.41, 5.74) is 0. The van der Waals surface area contributed by atoms with E-state index >= 15 is 0 Å².